The zero-order chi connectivity index (χ0) is 27.5. The van der Waals surface area contributed by atoms with Crippen molar-refractivity contribution in [2.75, 3.05) is 29.0 Å². The van der Waals surface area contributed by atoms with Gasteiger partial charge in [-0.15, -0.1) is 5.06 Å². The van der Waals surface area contributed by atoms with Crippen LogP contribution in [-0.2, 0) is 4.84 Å². The van der Waals surface area contributed by atoms with E-state index in [4.69, 9.17) is 37.1 Å². The smallest absolute Gasteiger partial charge is 0.365 e. The molecule has 0 bridgehead atoms. The number of piperidine rings is 1. The maximum absolute atomic E-state index is 12.4. The van der Waals surface area contributed by atoms with Crippen LogP contribution in [0, 0.1) is 0 Å². The van der Waals surface area contributed by atoms with E-state index in [2.05, 4.69) is 20.5 Å². The van der Waals surface area contributed by atoms with Gasteiger partial charge in [0.05, 0.1) is 6.33 Å². The number of anilines is 3. The predicted molar refractivity (Wildman–Crippen MR) is 156 cm³/mol. The first-order chi connectivity index (χ1) is 19.5. The van der Waals surface area contributed by atoms with E-state index in [0.29, 0.717) is 47.9 Å². The molecule has 0 radical (unpaired) electrons. The van der Waals surface area contributed by atoms with Crippen molar-refractivity contribution in [1.29, 1.82) is 0 Å². The Balaban J connectivity index is 1.12. The number of hydroxylamine groups is 2. The fraction of sp³-hybridized carbons (Fsp3) is 0.571. The molecular weight excluding hydrogens is 530 g/mol. The van der Waals surface area contributed by atoms with Gasteiger partial charge in [0.1, 0.15) is 0 Å². The van der Waals surface area contributed by atoms with E-state index in [1.54, 1.807) is 29.3 Å². The lowest BCUT2D eigenvalue weighted by molar-refractivity contribution is -0.106. The van der Waals surface area contributed by atoms with Gasteiger partial charge in [0.2, 0.25) is 5.95 Å². The zero-order valence-electron chi connectivity index (χ0n) is 22.7. The lowest BCUT2D eigenvalue weighted by Crippen LogP contribution is -2.41. The Morgan fingerprint density at radius 1 is 0.975 bits per heavy atom. The van der Waals surface area contributed by atoms with E-state index in [-0.39, 0.29) is 6.04 Å². The quantitative estimate of drug-likeness (QED) is 0.299. The third-order valence-electron chi connectivity index (χ3n) is 8.32. The molecule has 3 heterocycles. The van der Waals surface area contributed by atoms with Crippen LogP contribution < -0.4 is 21.7 Å². The molecule has 12 heteroatoms. The molecule has 3 fully saturated rings. The number of benzene rings is 1. The number of amides is 1. The van der Waals surface area contributed by atoms with Gasteiger partial charge in [0.25, 0.3) is 0 Å². The van der Waals surface area contributed by atoms with Gasteiger partial charge in [-0.1, -0.05) is 30.5 Å². The van der Waals surface area contributed by atoms with Gasteiger partial charge in [-0.05, 0) is 69.6 Å². The number of rotatable bonds is 7. The Labute approximate surface area is 239 Å². The van der Waals surface area contributed by atoms with E-state index in [1.807, 2.05) is 6.33 Å². The first kappa shape index (κ1) is 27.0. The molecule has 11 nitrogen and oxygen atoms in total. The summed E-state index contributed by atoms with van der Waals surface area (Å²) in [6.07, 6.45) is 11.9. The number of aromatic nitrogens is 4. The van der Waals surface area contributed by atoms with Gasteiger partial charge in [-0.3, -0.25) is 5.32 Å². The number of nitrogens with one attached hydrogen (secondary N) is 3. The molecule has 6 rings (SSSR count). The van der Waals surface area contributed by atoms with Crippen LogP contribution in [0.4, 0.5) is 22.2 Å². The third-order valence-corrected chi connectivity index (χ3v) is 8.56. The molecule has 3 aliphatic rings. The fourth-order valence-corrected chi connectivity index (χ4v) is 6.28. The molecule has 5 N–H and O–H groups in total. The minimum atomic E-state index is -0.525. The van der Waals surface area contributed by atoms with Crippen LogP contribution in [0.25, 0.3) is 11.2 Å². The molecule has 3 aromatic rings. The number of carbonyl (C=O) groups is 1. The van der Waals surface area contributed by atoms with Crippen LogP contribution in [0.3, 0.4) is 0 Å². The Hall–Kier alpha value is -3.15. The first-order valence-electron chi connectivity index (χ1n) is 14.5. The summed E-state index contributed by atoms with van der Waals surface area (Å²) in [7, 11) is 0. The van der Waals surface area contributed by atoms with E-state index in [0.717, 1.165) is 68.3 Å². The number of halogens is 1. The van der Waals surface area contributed by atoms with Crippen molar-refractivity contribution < 1.29 is 9.63 Å². The van der Waals surface area contributed by atoms with E-state index < -0.39 is 6.09 Å². The van der Waals surface area contributed by atoms with Crippen LogP contribution in [0.1, 0.15) is 70.3 Å². The van der Waals surface area contributed by atoms with Crippen LogP contribution in [0.5, 0.6) is 0 Å². The van der Waals surface area contributed by atoms with Gasteiger partial charge < -0.3 is 25.8 Å². The van der Waals surface area contributed by atoms with Crippen molar-refractivity contribution in [1.82, 2.24) is 24.6 Å². The molecule has 0 atom stereocenters. The van der Waals surface area contributed by atoms with Crippen LogP contribution in [0.15, 0.2) is 30.6 Å². The maximum atomic E-state index is 12.4. The summed E-state index contributed by atoms with van der Waals surface area (Å²) >= 11 is 6.00. The van der Waals surface area contributed by atoms with Gasteiger partial charge in [-0.2, -0.15) is 9.97 Å². The second kappa shape index (κ2) is 12.2. The van der Waals surface area contributed by atoms with Crippen molar-refractivity contribution in [3.63, 3.8) is 0 Å². The second-order valence-electron chi connectivity index (χ2n) is 11.3. The average Bonchev–Trinajstić information content (AvgIpc) is 3.61. The molecular formula is C28H38ClN9O2. The number of hydrogen-bond acceptors (Lipinski definition) is 9. The summed E-state index contributed by atoms with van der Waals surface area (Å²) < 4.78 is 2.24. The van der Waals surface area contributed by atoms with Crippen molar-refractivity contribution in [3.05, 3.63) is 35.6 Å². The Morgan fingerprint density at radius 2 is 1.73 bits per heavy atom. The number of nitrogens with two attached hydrogens (primary N) is 1. The van der Waals surface area contributed by atoms with E-state index in [9.17, 15) is 4.79 Å². The second-order valence-corrected chi connectivity index (χ2v) is 11.7. The minimum Gasteiger partial charge on any atom is -0.365 e. The van der Waals surface area contributed by atoms with Crippen molar-refractivity contribution >= 4 is 46.3 Å². The number of hydrogen-bond donors (Lipinski definition) is 4. The molecule has 0 unspecified atom stereocenters. The monoisotopic (exact) mass is 567 g/mol. The molecule has 40 heavy (non-hydrogen) atoms. The van der Waals surface area contributed by atoms with Crippen LogP contribution >= 0.6 is 11.6 Å². The Kier molecular flexibility index (Phi) is 8.22. The summed E-state index contributed by atoms with van der Waals surface area (Å²) in [5.74, 6) is 1.41. The molecule has 0 spiro atoms. The fourth-order valence-electron chi connectivity index (χ4n) is 6.09. The summed E-state index contributed by atoms with van der Waals surface area (Å²) in [4.78, 5) is 32.5. The molecule has 2 aromatic heterocycles. The molecule has 1 aliphatic heterocycles. The summed E-state index contributed by atoms with van der Waals surface area (Å²) in [5.41, 5.74) is 8.42. The minimum absolute atomic E-state index is 0.172. The highest BCUT2D eigenvalue weighted by molar-refractivity contribution is 6.30. The highest BCUT2D eigenvalue weighted by atomic mass is 35.5. The molecule has 1 saturated heterocycles. The lowest BCUT2D eigenvalue weighted by Gasteiger charge is -2.31. The Morgan fingerprint density at radius 3 is 2.48 bits per heavy atom. The molecule has 1 amide bonds. The van der Waals surface area contributed by atoms with Gasteiger partial charge in [-0.25, -0.2) is 9.78 Å². The topological polar surface area (TPSA) is 135 Å². The molecule has 2 saturated carbocycles. The van der Waals surface area contributed by atoms with Crippen molar-refractivity contribution in [2.45, 2.75) is 88.4 Å². The SMILES string of the molecule is N[C@H]1CC[C@H](Nc2nc(NC3CCN(OC(=O)Nc4cccc(Cl)c4)CC3)c3ncn(C4CCCC4)c3n2)CC1. The van der Waals surface area contributed by atoms with E-state index in [1.165, 1.54) is 12.8 Å². The number of imidazole rings is 1. The molecule has 214 valence electrons. The molecule has 2 aliphatic carbocycles. The number of carbonyl (C=O) groups excluding carboxylic acids is 1. The van der Waals surface area contributed by atoms with Gasteiger partial charge in [0.15, 0.2) is 17.0 Å². The Bertz CT molecular complexity index is 1310. The third kappa shape index (κ3) is 6.42. The van der Waals surface area contributed by atoms with Gasteiger partial charge in [0, 0.05) is 48.0 Å². The maximum Gasteiger partial charge on any atom is 0.430 e. The first-order valence-corrected chi connectivity index (χ1v) is 14.9. The van der Waals surface area contributed by atoms with Gasteiger partial charge >= 0.3 is 6.09 Å². The number of nitrogens with zero attached hydrogens (tertiary/aromatic N) is 5. The standard InChI is InChI=1S/C28H38ClN9O2/c29-18-4-3-5-22(16-18)34-28(39)40-37-14-12-21(13-15-37)32-25-24-26(38(17-31-24)23-6-1-2-7-23)36-27(35-25)33-20-10-8-19(30)9-11-20/h3-5,16-17,19-21,23H,1-2,6-15,30H2,(H,34,39)(H2,32,33,35,36)/t19-,20-. The molecule has 1 aromatic carbocycles. The largest absolute Gasteiger partial charge is 0.430 e. The lowest BCUT2D eigenvalue weighted by atomic mass is 9.92. The van der Waals surface area contributed by atoms with Crippen LogP contribution in [0.2, 0.25) is 5.02 Å². The van der Waals surface area contributed by atoms with Crippen molar-refractivity contribution in [2.24, 2.45) is 5.73 Å². The van der Waals surface area contributed by atoms with Crippen molar-refractivity contribution in [3.8, 4) is 0 Å². The van der Waals surface area contributed by atoms with E-state index >= 15 is 0 Å². The average molecular weight is 568 g/mol. The highest BCUT2D eigenvalue weighted by Gasteiger charge is 2.27. The summed E-state index contributed by atoms with van der Waals surface area (Å²) in [6, 6.07) is 8.21. The summed E-state index contributed by atoms with van der Waals surface area (Å²) in [6.45, 7) is 1.22. The predicted octanol–water partition coefficient (Wildman–Crippen LogP) is 5.32. The number of fused-ring (bicyclic) bond motifs is 1. The zero-order valence-corrected chi connectivity index (χ0v) is 23.4. The van der Waals surface area contributed by atoms with Crippen LogP contribution in [-0.4, -0.2) is 61.9 Å². The summed E-state index contributed by atoms with van der Waals surface area (Å²) in [5, 5.41) is 12.2. The normalized spacial score (nSPS) is 22.9. The highest BCUT2D eigenvalue weighted by Crippen LogP contribution is 2.34.